The zero-order valence-corrected chi connectivity index (χ0v) is 17.2. The molecule has 3 aromatic rings. The van der Waals surface area contributed by atoms with Crippen LogP contribution in [0.5, 0.6) is 0 Å². The Morgan fingerprint density at radius 2 is 1.87 bits per heavy atom. The Morgan fingerprint density at radius 3 is 2.57 bits per heavy atom. The molecular formula is C22H19N3O4S. The standard InChI is InChI=1S/C22H19N3O4S/c1-15-9-10-29-20(15)22(27)24-19-6-4-5-16(12-19)7-8-17-11-18(14-23-13-17)21(26)25-30(2,3)28/h4-6,9-14H,2H2,1,3H3,(H,24,27)(H,25,26,28). The van der Waals surface area contributed by atoms with E-state index in [0.717, 1.165) is 5.56 Å². The topological polar surface area (TPSA) is 101 Å². The van der Waals surface area contributed by atoms with Crippen molar-refractivity contribution in [2.45, 2.75) is 6.92 Å². The van der Waals surface area contributed by atoms with Gasteiger partial charge in [0, 0.05) is 50.7 Å². The van der Waals surface area contributed by atoms with Gasteiger partial charge in [0.05, 0.1) is 11.8 Å². The van der Waals surface area contributed by atoms with Gasteiger partial charge in [-0.1, -0.05) is 17.9 Å². The fraction of sp³-hybridized carbons (Fsp3) is 0.0909. The van der Waals surface area contributed by atoms with E-state index in [4.69, 9.17) is 4.42 Å². The van der Waals surface area contributed by atoms with Gasteiger partial charge in [-0.15, -0.1) is 0 Å². The summed E-state index contributed by atoms with van der Waals surface area (Å²) in [7, 11) is -2.68. The van der Waals surface area contributed by atoms with Crippen molar-refractivity contribution in [3.63, 3.8) is 0 Å². The van der Waals surface area contributed by atoms with Crippen LogP contribution in [0.1, 0.15) is 37.6 Å². The lowest BCUT2D eigenvalue weighted by Crippen LogP contribution is -2.29. The van der Waals surface area contributed by atoms with Crippen LogP contribution in [0.3, 0.4) is 0 Å². The summed E-state index contributed by atoms with van der Waals surface area (Å²) in [5, 5.41) is 2.77. The molecule has 1 atom stereocenters. The number of amides is 2. The van der Waals surface area contributed by atoms with Crippen LogP contribution in [-0.2, 0) is 9.71 Å². The van der Waals surface area contributed by atoms with Crippen molar-refractivity contribution >= 4 is 33.1 Å². The minimum atomic E-state index is -2.68. The minimum Gasteiger partial charge on any atom is -0.459 e. The molecule has 0 aliphatic carbocycles. The molecule has 2 amide bonds. The molecule has 0 radical (unpaired) electrons. The molecule has 152 valence electrons. The van der Waals surface area contributed by atoms with Crippen molar-refractivity contribution in [2.75, 3.05) is 11.6 Å². The largest absolute Gasteiger partial charge is 0.459 e. The number of furan rings is 1. The maximum absolute atomic E-state index is 12.3. The molecule has 1 unspecified atom stereocenters. The number of carbonyl (C=O) groups excluding carboxylic acids is 2. The Hall–Kier alpha value is -3.83. The average Bonchev–Trinajstić information content (AvgIpc) is 3.12. The molecule has 0 aliphatic rings. The van der Waals surface area contributed by atoms with Crippen LogP contribution >= 0.6 is 0 Å². The monoisotopic (exact) mass is 421 g/mol. The summed E-state index contributed by atoms with van der Waals surface area (Å²) in [4.78, 5) is 28.4. The fourth-order valence-corrected chi connectivity index (χ4v) is 3.01. The van der Waals surface area contributed by atoms with Crippen LogP contribution in [0.4, 0.5) is 5.69 Å². The van der Waals surface area contributed by atoms with E-state index >= 15 is 0 Å². The van der Waals surface area contributed by atoms with Crippen LogP contribution in [0.25, 0.3) is 0 Å². The van der Waals surface area contributed by atoms with Crippen molar-refractivity contribution in [1.82, 2.24) is 9.71 Å². The van der Waals surface area contributed by atoms with Gasteiger partial charge in [0.25, 0.3) is 11.8 Å². The van der Waals surface area contributed by atoms with E-state index in [1.54, 1.807) is 43.3 Å². The first-order chi connectivity index (χ1) is 14.2. The van der Waals surface area contributed by atoms with Crippen molar-refractivity contribution in [3.05, 3.63) is 83.1 Å². The Labute approximate surface area is 174 Å². The Kier molecular flexibility index (Phi) is 6.04. The van der Waals surface area contributed by atoms with Gasteiger partial charge in [0.2, 0.25) is 0 Å². The summed E-state index contributed by atoms with van der Waals surface area (Å²) in [5.41, 5.74) is 2.72. The molecule has 1 aromatic carbocycles. The number of hydrogen-bond donors (Lipinski definition) is 2. The highest BCUT2D eigenvalue weighted by Crippen LogP contribution is 2.14. The van der Waals surface area contributed by atoms with E-state index in [1.165, 1.54) is 24.9 Å². The van der Waals surface area contributed by atoms with E-state index < -0.39 is 15.6 Å². The maximum Gasteiger partial charge on any atom is 0.291 e. The van der Waals surface area contributed by atoms with Gasteiger partial charge in [-0.05, 0) is 43.1 Å². The maximum atomic E-state index is 12.3. The predicted molar refractivity (Wildman–Crippen MR) is 117 cm³/mol. The van der Waals surface area contributed by atoms with Crippen LogP contribution in [0.15, 0.2) is 59.5 Å². The first-order valence-electron chi connectivity index (χ1n) is 8.78. The number of carbonyl (C=O) groups is 2. The van der Waals surface area contributed by atoms with Crippen molar-refractivity contribution < 1.29 is 18.2 Å². The molecule has 0 saturated carbocycles. The zero-order chi connectivity index (χ0) is 21.7. The molecule has 2 N–H and O–H groups in total. The van der Waals surface area contributed by atoms with Crippen molar-refractivity contribution in [2.24, 2.45) is 0 Å². The summed E-state index contributed by atoms with van der Waals surface area (Å²) in [6.07, 6.45) is 5.67. The van der Waals surface area contributed by atoms with E-state index in [1.807, 2.05) is 0 Å². The van der Waals surface area contributed by atoms with Gasteiger partial charge in [-0.3, -0.25) is 19.3 Å². The molecule has 2 aromatic heterocycles. The van der Waals surface area contributed by atoms with Gasteiger partial charge in [0.1, 0.15) is 0 Å². The van der Waals surface area contributed by atoms with Gasteiger partial charge in [0.15, 0.2) is 5.76 Å². The van der Waals surface area contributed by atoms with Crippen molar-refractivity contribution in [1.29, 1.82) is 0 Å². The number of anilines is 1. The second-order valence-corrected chi connectivity index (χ2v) is 8.83. The van der Waals surface area contributed by atoms with Crippen LogP contribution in [0.2, 0.25) is 0 Å². The molecule has 0 aliphatic heterocycles. The highest BCUT2D eigenvalue weighted by Gasteiger charge is 2.12. The van der Waals surface area contributed by atoms with Gasteiger partial charge in [-0.25, -0.2) is 4.21 Å². The number of nitrogens with one attached hydrogen (secondary N) is 2. The van der Waals surface area contributed by atoms with Gasteiger partial charge < -0.3 is 9.73 Å². The molecule has 2 heterocycles. The van der Waals surface area contributed by atoms with E-state index in [-0.39, 0.29) is 17.2 Å². The predicted octanol–water partition coefficient (Wildman–Crippen LogP) is 2.63. The summed E-state index contributed by atoms with van der Waals surface area (Å²) in [6.45, 7) is 1.79. The third-order valence-corrected chi connectivity index (χ3v) is 4.47. The number of rotatable bonds is 4. The van der Waals surface area contributed by atoms with E-state index in [0.29, 0.717) is 16.8 Å². The summed E-state index contributed by atoms with van der Waals surface area (Å²) >= 11 is 0. The summed E-state index contributed by atoms with van der Waals surface area (Å²) < 4.78 is 19.2. The van der Waals surface area contributed by atoms with Crippen LogP contribution in [0, 0.1) is 18.8 Å². The zero-order valence-electron chi connectivity index (χ0n) is 16.4. The number of aromatic nitrogens is 1. The fourth-order valence-electron chi connectivity index (χ4n) is 2.50. The highest BCUT2D eigenvalue weighted by atomic mass is 32.2. The number of hydrogen-bond acceptors (Lipinski definition) is 5. The Morgan fingerprint density at radius 1 is 1.10 bits per heavy atom. The second-order valence-electron chi connectivity index (χ2n) is 6.62. The molecule has 0 fully saturated rings. The molecule has 0 spiro atoms. The molecular weight excluding hydrogens is 402 g/mol. The minimum absolute atomic E-state index is 0.231. The first kappa shape index (κ1) is 20.9. The SMILES string of the molecule is C=S(C)(=O)NC(=O)c1cncc(C#Cc2cccc(NC(=O)c3occc3C)c2)c1. The van der Waals surface area contributed by atoms with Crippen LogP contribution in [-0.4, -0.2) is 33.1 Å². The third-order valence-electron chi connectivity index (χ3n) is 3.85. The molecule has 0 saturated heterocycles. The number of benzene rings is 1. The quantitative estimate of drug-likeness (QED) is 0.498. The Balaban J connectivity index is 1.76. The van der Waals surface area contributed by atoms with Gasteiger partial charge in [-0.2, -0.15) is 0 Å². The lowest BCUT2D eigenvalue weighted by Gasteiger charge is -2.05. The second kappa shape index (κ2) is 8.68. The average molecular weight is 421 g/mol. The summed E-state index contributed by atoms with van der Waals surface area (Å²) in [6, 6.07) is 10.3. The number of nitrogens with zero attached hydrogens (tertiary/aromatic N) is 1. The Bertz CT molecular complexity index is 1280. The third kappa shape index (κ3) is 5.59. The molecule has 7 nitrogen and oxygen atoms in total. The highest BCUT2D eigenvalue weighted by molar-refractivity contribution is 7.98. The normalized spacial score (nSPS) is 12.2. The molecule has 0 bridgehead atoms. The van der Waals surface area contributed by atoms with Crippen LogP contribution < -0.4 is 10.0 Å². The molecule has 30 heavy (non-hydrogen) atoms. The lowest BCUT2D eigenvalue weighted by molar-refractivity contribution is 0.0978. The summed E-state index contributed by atoms with van der Waals surface area (Å²) in [5.74, 6) is 8.67. The lowest BCUT2D eigenvalue weighted by atomic mass is 10.1. The van der Waals surface area contributed by atoms with Gasteiger partial charge >= 0.3 is 0 Å². The first-order valence-corrected chi connectivity index (χ1v) is 10.9. The van der Waals surface area contributed by atoms with Crippen molar-refractivity contribution in [3.8, 4) is 11.8 Å². The van der Waals surface area contributed by atoms with E-state index in [2.05, 4.69) is 32.7 Å². The molecule has 8 heteroatoms. The number of aryl methyl sites for hydroxylation is 1. The number of pyridine rings is 1. The molecule has 3 rings (SSSR count). The van der Waals surface area contributed by atoms with E-state index in [9.17, 15) is 13.8 Å². The smallest absolute Gasteiger partial charge is 0.291 e.